The van der Waals surface area contributed by atoms with Crippen LogP contribution in [-0.4, -0.2) is 20.0 Å². The zero-order chi connectivity index (χ0) is 24.5. The summed E-state index contributed by atoms with van der Waals surface area (Å²) in [5.41, 5.74) is 5.39. The number of aromatic nitrogens is 2. The lowest BCUT2D eigenvalue weighted by molar-refractivity contribution is -0.384. The summed E-state index contributed by atoms with van der Waals surface area (Å²) >= 11 is 7.37. The number of non-ortho nitro benzene ring substituents is 1. The molecule has 9 heteroatoms. The van der Waals surface area contributed by atoms with Gasteiger partial charge in [-0.15, -0.1) is 0 Å². The quantitative estimate of drug-likeness (QED) is 0.183. The second-order valence-corrected chi connectivity index (χ2v) is 9.91. The number of aromatic amines is 1. The molecule has 5 rings (SSSR count). The van der Waals surface area contributed by atoms with Crippen LogP contribution >= 0.6 is 24.0 Å². The van der Waals surface area contributed by atoms with Gasteiger partial charge in [0.15, 0.2) is 5.11 Å². The molecule has 2 atom stereocenters. The van der Waals surface area contributed by atoms with Crippen LogP contribution in [0.3, 0.4) is 0 Å². The number of aryl methyl sites for hydroxylation is 2. The molecule has 0 bridgehead atoms. The van der Waals surface area contributed by atoms with E-state index in [9.17, 15) is 10.1 Å². The Morgan fingerprint density at radius 1 is 1.03 bits per heavy atom. The molecule has 0 unspecified atom stereocenters. The van der Waals surface area contributed by atoms with Crippen molar-refractivity contribution in [3.63, 3.8) is 0 Å². The van der Waals surface area contributed by atoms with Gasteiger partial charge in [0.25, 0.3) is 5.69 Å². The number of rotatable bonds is 6. The molecule has 3 heterocycles. The van der Waals surface area contributed by atoms with Gasteiger partial charge in [0, 0.05) is 45.2 Å². The molecule has 1 aliphatic heterocycles. The van der Waals surface area contributed by atoms with Crippen molar-refractivity contribution in [3.8, 4) is 0 Å². The fraction of sp³-hybridized carbons (Fsp3) is 0.154. The van der Waals surface area contributed by atoms with Crippen molar-refractivity contribution in [2.24, 2.45) is 0 Å². The number of benzene rings is 2. The molecule has 2 N–H and O–H groups in total. The molecule has 0 saturated carbocycles. The summed E-state index contributed by atoms with van der Waals surface area (Å²) in [6.45, 7) is 4.14. The Hall–Kier alpha value is -3.69. The smallest absolute Gasteiger partial charge is 0.269 e. The van der Waals surface area contributed by atoms with Crippen molar-refractivity contribution in [3.05, 3.63) is 112 Å². The third-order valence-corrected chi connectivity index (χ3v) is 7.33. The molecule has 0 amide bonds. The van der Waals surface area contributed by atoms with Gasteiger partial charge in [0.2, 0.25) is 0 Å². The highest BCUT2D eigenvalue weighted by atomic mass is 32.2. The van der Waals surface area contributed by atoms with Crippen LogP contribution in [0.25, 0.3) is 0 Å². The molecular weight excluding hydrogens is 478 g/mol. The minimum absolute atomic E-state index is 0.0597. The second-order valence-electron chi connectivity index (χ2n) is 8.38. The van der Waals surface area contributed by atoms with Crippen molar-refractivity contribution in [1.82, 2.24) is 15.3 Å². The zero-order valence-corrected chi connectivity index (χ0v) is 20.8. The molecule has 176 valence electrons. The summed E-state index contributed by atoms with van der Waals surface area (Å²) in [5, 5.41) is 15.0. The minimum Gasteiger partial charge on any atom is -0.362 e. The number of hydrogen-bond acceptors (Lipinski definition) is 5. The molecule has 2 aromatic heterocycles. The minimum atomic E-state index is -0.390. The van der Waals surface area contributed by atoms with Crippen LogP contribution in [0.2, 0.25) is 0 Å². The number of anilines is 1. The maximum atomic E-state index is 10.9. The standard InChI is InChI=1S/C26H23N5O2S2/c1-16-15-22(17(2)28-16)25-24(23-5-3-4-14-27-23)29-26(34)30(25)18-6-10-20(11-7-18)35-21-12-8-19(9-13-21)31(32)33/h3-15,24-25,28H,1-2H3,(H,29,34)/t24-,25+/m1/s1. The van der Waals surface area contributed by atoms with Gasteiger partial charge >= 0.3 is 0 Å². The molecule has 35 heavy (non-hydrogen) atoms. The summed E-state index contributed by atoms with van der Waals surface area (Å²) in [6, 6.07) is 22.7. The highest BCUT2D eigenvalue weighted by Crippen LogP contribution is 2.43. The van der Waals surface area contributed by atoms with Crippen LogP contribution in [0.4, 0.5) is 11.4 Å². The molecule has 1 aliphatic rings. The van der Waals surface area contributed by atoms with Crippen molar-refractivity contribution in [1.29, 1.82) is 0 Å². The Kier molecular flexibility index (Phi) is 6.27. The van der Waals surface area contributed by atoms with E-state index in [0.717, 1.165) is 32.6 Å². The van der Waals surface area contributed by atoms with E-state index < -0.39 is 4.92 Å². The maximum Gasteiger partial charge on any atom is 0.269 e. The maximum absolute atomic E-state index is 10.9. The number of nitrogens with one attached hydrogen (secondary N) is 2. The summed E-state index contributed by atoms with van der Waals surface area (Å²) in [4.78, 5) is 22.7. The van der Waals surface area contributed by atoms with E-state index >= 15 is 0 Å². The normalized spacial score (nSPS) is 17.4. The lowest BCUT2D eigenvalue weighted by Gasteiger charge is -2.28. The van der Waals surface area contributed by atoms with E-state index in [-0.39, 0.29) is 17.8 Å². The van der Waals surface area contributed by atoms with Crippen molar-refractivity contribution >= 4 is 40.5 Å². The average Bonchev–Trinajstić information content (AvgIpc) is 3.38. The predicted octanol–water partition coefficient (Wildman–Crippen LogP) is 6.26. The van der Waals surface area contributed by atoms with E-state index in [1.54, 1.807) is 30.1 Å². The Bertz CT molecular complexity index is 1370. The van der Waals surface area contributed by atoms with Crippen LogP contribution < -0.4 is 10.2 Å². The second kappa shape index (κ2) is 9.52. The van der Waals surface area contributed by atoms with Crippen LogP contribution in [0, 0.1) is 24.0 Å². The van der Waals surface area contributed by atoms with Crippen molar-refractivity contribution in [2.75, 3.05) is 4.90 Å². The Labute approximate surface area is 212 Å². The fourth-order valence-corrected chi connectivity index (χ4v) is 5.61. The van der Waals surface area contributed by atoms with Gasteiger partial charge in [-0.1, -0.05) is 17.8 Å². The number of H-pyrrole nitrogens is 1. The molecule has 7 nitrogen and oxygen atoms in total. The molecule has 1 fully saturated rings. The first kappa shape index (κ1) is 23.1. The monoisotopic (exact) mass is 501 g/mol. The molecular formula is C26H23N5O2S2. The number of pyridine rings is 1. The number of hydrogen-bond donors (Lipinski definition) is 2. The summed E-state index contributed by atoms with van der Waals surface area (Å²) in [5.74, 6) is 0. The van der Waals surface area contributed by atoms with Crippen LogP contribution in [-0.2, 0) is 0 Å². The first-order valence-electron chi connectivity index (χ1n) is 11.1. The largest absolute Gasteiger partial charge is 0.362 e. The van der Waals surface area contributed by atoms with Gasteiger partial charge in [0.1, 0.15) is 0 Å². The van der Waals surface area contributed by atoms with E-state index in [1.165, 1.54) is 17.7 Å². The van der Waals surface area contributed by atoms with E-state index in [4.69, 9.17) is 12.2 Å². The molecule has 4 aromatic rings. The number of nitro benzene ring substituents is 1. The van der Waals surface area contributed by atoms with Crippen molar-refractivity contribution in [2.45, 2.75) is 35.7 Å². The fourth-order valence-electron chi connectivity index (χ4n) is 4.45. The highest BCUT2D eigenvalue weighted by molar-refractivity contribution is 7.99. The summed E-state index contributed by atoms with van der Waals surface area (Å²) in [7, 11) is 0. The third kappa shape index (κ3) is 4.65. The van der Waals surface area contributed by atoms with Gasteiger partial charge in [-0.3, -0.25) is 15.1 Å². The molecule has 2 aromatic carbocycles. The summed E-state index contributed by atoms with van der Waals surface area (Å²) in [6.07, 6.45) is 1.80. The predicted molar refractivity (Wildman–Crippen MR) is 142 cm³/mol. The van der Waals surface area contributed by atoms with Crippen LogP contribution in [0.5, 0.6) is 0 Å². The number of nitrogens with zero attached hydrogens (tertiary/aromatic N) is 3. The van der Waals surface area contributed by atoms with E-state index in [2.05, 4.69) is 52.2 Å². The third-order valence-electron chi connectivity index (χ3n) is 6.00. The zero-order valence-electron chi connectivity index (χ0n) is 19.1. The number of thiocarbonyl (C=S) groups is 1. The Morgan fingerprint density at radius 3 is 2.29 bits per heavy atom. The lowest BCUT2D eigenvalue weighted by Crippen LogP contribution is -2.29. The van der Waals surface area contributed by atoms with Crippen LogP contribution in [0.1, 0.15) is 34.7 Å². The van der Waals surface area contributed by atoms with Gasteiger partial charge in [0.05, 0.1) is 22.7 Å². The van der Waals surface area contributed by atoms with Gasteiger partial charge in [-0.05, 0) is 86.2 Å². The van der Waals surface area contributed by atoms with E-state index in [1.807, 2.05) is 30.3 Å². The van der Waals surface area contributed by atoms with Gasteiger partial charge in [-0.2, -0.15) is 0 Å². The lowest BCUT2D eigenvalue weighted by atomic mass is 9.96. The Balaban J connectivity index is 1.45. The van der Waals surface area contributed by atoms with E-state index in [0.29, 0.717) is 5.11 Å². The van der Waals surface area contributed by atoms with Gasteiger partial charge < -0.3 is 15.2 Å². The van der Waals surface area contributed by atoms with Gasteiger partial charge in [-0.25, -0.2) is 0 Å². The molecule has 0 spiro atoms. The topological polar surface area (TPSA) is 87.1 Å². The first-order valence-corrected chi connectivity index (χ1v) is 12.3. The SMILES string of the molecule is Cc1cc([C@H]2[C@@H](c3ccccn3)NC(=S)N2c2ccc(Sc3ccc([N+](=O)[O-])cc3)cc2)c(C)[nH]1. The first-order chi connectivity index (χ1) is 16.9. The Morgan fingerprint density at radius 2 is 1.71 bits per heavy atom. The average molecular weight is 502 g/mol. The number of nitro groups is 1. The molecule has 0 radical (unpaired) electrons. The van der Waals surface area contributed by atoms with Crippen LogP contribution in [0.15, 0.2) is 88.8 Å². The summed E-state index contributed by atoms with van der Waals surface area (Å²) < 4.78 is 0. The molecule has 1 saturated heterocycles. The highest BCUT2D eigenvalue weighted by Gasteiger charge is 2.41. The van der Waals surface area contributed by atoms with Crippen molar-refractivity contribution < 1.29 is 4.92 Å². The molecule has 0 aliphatic carbocycles.